The first-order valence-corrected chi connectivity index (χ1v) is 9.89. The molecule has 2 N–H and O–H groups in total. The lowest BCUT2D eigenvalue weighted by Crippen LogP contribution is -2.42. The summed E-state index contributed by atoms with van der Waals surface area (Å²) in [6.45, 7) is 2.56. The number of hydrogen-bond acceptors (Lipinski definition) is 4. The van der Waals surface area contributed by atoms with Crippen molar-refractivity contribution < 1.29 is 27.5 Å². The van der Waals surface area contributed by atoms with E-state index in [1.54, 1.807) is 12.0 Å². The predicted molar refractivity (Wildman–Crippen MR) is 111 cm³/mol. The van der Waals surface area contributed by atoms with Crippen LogP contribution in [0, 0.1) is 17.5 Å². The molecule has 0 fully saturated rings. The standard InChI is InChI=1S/C22H26F3N3O3/c1-3-12-28(14-20(30)27-18-9-8-17(23)21(24)22(18)25)13-19(29)26-11-10-15-4-6-16(31-2)7-5-15/h4-9H,3,10-14H2,1-2H3,(H,26,29)(H,27,30). The summed E-state index contributed by atoms with van der Waals surface area (Å²) in [4.78, 5) is 26.0. The minimum atomic E-state index is -1.65. The van der Waals surface area contributed by atoms with Gasteiger partial charge < -0.3 is 15.4 Å². The number of amides is 2. The van der Waals surface area contributed by atoms with Crippen molar-refractivity contribution in [2.75, 3.05) is 38.6 Å². The average molecular weight is 437 g/mol. The molecule has 0 spiro atoms. The highest BCUT2D eigenvalue weighted by atomic mass is 19.2. The number of hydrogen-bond donors (Lipinski definition) is 2. The summed E-state index contributed by atoms with van der Waals surface area (Å²) in [5.41, 5.74) is 0.587. The molecule has 31 heavy (non-hydrogen) atoms. The summed E-state index contributed by atoms with van der Waals surface area (Å²) < 4.78 is 45.1. The Kier molecular flexibility index (Phi) is 9.33. The average Bonchev–Trinajstić information content (AvgIpc) is 2.75. The molecule has 0 aromatic heterocycles. The van der Waals surface area contributed by atoms with E-state index in [-0.39, 0.29) is 19.0 Å². The Hall–Kier alpha value is -3.07. The van der Waals surface area contributed by atoms with Crippen LogP contribution >= 0.6 is 0 Å². The minimum absolute atomic E-state index is 0.0237. The molecule has 2 amide bonds. The van der Waals surface area contributed by atoms with Gasteiger partial charge in [0.05, 0.1) is 25.9 Å². The summed E-state index contributed by atoms with van der Waals surface area (Å²) in [6.07, 6.45) is 1.32. The van der Waals surface area contributed by atoms with Gasteiger partial charge in [-0.25, -0.2) is 13.2 Å². The number of benzene rings is 2. The SMILES string of the molecule is CCCN(CC(=O)NCCc1ccc(OC)cc1)CC(=O)Nc1ccc(F)c(F)c1F. The molecule has 2 rings (SSSR count). The van der Waals surface area contributed by atoms with Crippen LogP contribution < -0.4 is 15.4 Å². The zero-order valence-corrected chi connectivity index (χ0v) is 17.5. The van der Waals surface area contributed by atoms with Gasteiger partial charge in [0.2, 0.25) is 11.8 Å². The molecule has 0 aliphatic rings. The highest BCUT2D eigenvalue weighted by Crippen LogP contribution is 2.19. The van der Waals surface area contributed by atoms with E-state index in [0.717, 1.165) is 23.4 Å². The maximum absolute atomic E-state index is 13.7. The van der Waals surface area contributed by atoms with E-state index < -0.39 is 29.0 Å². The molecule has 0 saturated heterocycles. The number of rotatable bonds is 11. The molecule has 0 radical (unpaired) electrons. The van der Waals surface area contributed by atoms with Crippen LogP contribution in [-0.4, -0.2) is 50.0 Å². The van der Waals surface area contributed by atoms with Crippen molar-refractivity contribution in [2.24, 2.45) is 0 Å². The highest BCUT2D eigenvalue weighted by Gasteiger charge is 2.18. The van der Waals surface area contributed by atoms with Gasteiger partial charge in [-0.1, -0.05) is 19.1 Å². The molecule has 0 saturated carbocycles. The van der Waals surface area contributed by atoms with E-state index in [1.165, 1.54) is 0 Å². The van der Waals surface area contributed by atoms with Crippen molar-refractivity contribution in [2.45, 2.75) is 19.8 Å². The van der Waals surface area contributed by atoms with Crippen molar-refractivity contribution in [1.29, 1.82) is 0 Å². The second-order valence-electron chi connectivity index (χ2n) is 6.93. The predicted octanol–water partition coefficient (Wildman–Crippen LogP) is 3.12. The number of anilines is 1. The Labute approximate surface area is 179 Å². The van der Waals surface area contributed by atoms with Crippen LogP contribution in [0.2, 0.25) is 0 Å². The Morgan fingerprint density at radius 1 is 0.968 bits per heavy atom. The molecule has 0 bridgehead atoms. The molecule has 0 atom stereocenters. The van der Waals surface area contributed by atoms with Crippen LogP contribution in [-0.2, 0) is 16.0 Å². The Morgan fingerprint density at radius 3 is 2.29 bits per heavy atom. The van der Waals surface area contributed by atoms with E-state index in [2.05, 4.69) is 10.6 Å². The second-order valence-corrected chi connectivity index (χ2v) is 6.93. The van der Waals surface area contributed by atoms with E-state index >= 15 is 0 Å². The third-order valence-electron chi connectivity index (χ3n) is 4.48. The van der Waals surface area contributed by atoms with Gasteiger partial charge in [-0.05, 0) is 49.2 Å². The zero-order valence-electron chi connectivity index (χ0n) is 17.5. The van der Waals surface area contributed by atoms with Gasteiger partial charge in [0.1, 0.15) is 5.75 Å². The molecule has 0 heterocycles. The number of methoxy groups -OCH3 is 1. The molecule has 0 aliphatic heterocycles. The number of nitrogens with zero attached hydrogens (tertiary/aromatic N) is 1. The first-order valence-electron chi connectivity index (χ1n) is 9.89. The van der Waals surface area contributed by atoms with E-state index in [0.29, 0.717) is 25.9 Å². The fraction of sp³-hybridized carbons (Fsp3) is 0.364. The lowest BCUT2D eigenvalue weighted by molar-refractivity contribution is -0.123. The van der Waals surface area contributed by atoms with Crippen molar-refractivity contribution >= 4 is 17.5 Å². The monoisotopic (exact) mass is 437 g/mol. The zero-order chi connectivity index (χ0) is 22.8. The Bertz CT molecular complexity index is 892. The number of halogens is 3. The quantitative estimate of drug-likeness (QED) is 0.530. The molecule has 2 aromatic carbocycles. The van der Waals surface area contributed by atoms with Crippen molar-refractivity contribution in [3.63, 3.8) is 0 Å². The van der Waals surface area contributed by atoms with Gasteiger partial charge in [-0.3, -0.25) is 14.5 Å². The van der Waals surface area contributed by atoms with Gasteiger partial charge in [0, 0.05) is 6.54 Å². The number of carbonyl (C=O) groups is 2. The molecular weight excluding hydrogens is 411 g/mol. The second kappa shape index (κ2) is 11.9. The van der Waals surface area contributed by atoms with Crippen molar-refractivity contribution in [3.05, 3.63) is 59.4 Å². The third-order valence-corrected chi connectivity index (χ3v) is 4.48. The van der Waals surface area contributed by atoms with Crippen LogP contribution in [0.5, 0.6) is 5.75 Å². The van der Waals surface area contributed by atoms with Gasteiger partial charge in [-0.15, -0.1) is 0 Å². The van der Waals surface area contributed by atoms with Crippen molar-refractivity contribution in [3.8, 4) is 5.75 Å². The van der Waals surface area contributed by atoms with Gasteiger partial charge in [0.15, 0.2) is 17.5 Å². The van der Waals surface area contributed by atoms with Crippen LogP contribution in [0.3, 0.4) is 0 Å². The molecule has 2 aromatic rings. The maximum atomic E-state index is 13.7. The third kappa shape index (κ3) is 7.60. The van der Waals surface area contributed by atoms with Crippen LogP contribution in [0.25, 0.3) is 0 Å². The number of nitrogens with one attached hydrogen (secondary N) is 2. The van der Waals surface area contributed by atoms with E-state index in [9.17, 15) is 22.8 Å². The normalized spacial score (nSPS) is 10.8. The van der Waals surface area contributed by atoms with Crippen LogP contribution in [0.4, 0.5) is 18.9 Å². The first kappa shape index (κ1) is 24.2. The summed E-state index contributed by atoms with van der Waals surface area (Å²) in [5, 5.41) is 5.01. The van der Waals surface area contributed by atoms with Gasteiger partial charge >= 0.3 is 0 Å². The topological polar surface area (TPSA) is 70.7 Å². The van der Waals surface area contributed by atoms with Crippen molar-refractivity contribution in [1.82, 2.24) is 10.2 Å². The molecule has 6 nitrogen and oxygen atoms in total. The van der Waals surface area contributed by atoms with Gasteiger partial charge in [0.25, 0.3) is 0 Å². The number of ether oxygens (including phenoxy) is 1. The lowest BCUT2D eigenvalue weighted by atomic mass is 10.1. The van der Waals surface area contributed by atoms with E-state index in [1.807, 2.05) is 31.2 Å². The number of carbonyl (C=O) groups excluding carboxylic acids is 2. The van der Waals surface area contributed by atoms with Crippen LogP contribution in [0.1, 0.15) is 18.9 Å². The molecule has 9 heteroatoms. The molecule has 0 unspecified atom stereocenters. The minimum Gasteiger partial charge on any atom is -0.497 e. The fourth-order valence-corrected chi connectivity index (χ4v) is 2.94. The lowest BCUT2D eigenvalue weighted by Gasteiger charge is -2.20. The molecule has 0 aliphatic carbocycles. The van der Waals surface area contributed by atoms with Crippen LogP contribution in [0.15, 0.2) is 36.4 Å². The fourth-order valence-electron chi connectivity index (χ4n) is 2.94. The van der Waals surface area contributed by atoms with Gasteiger partial charge in [-0.2, -0.15) is 0 Å². The largest absolute Gasteiger partial charge is 0.497 e. The molecule has 168 valence electrons. The highest BCUT2D eigenvalue weighted by molar-refractivity contribution is 5.92. The summed E-state index contributed by atoms with van der Waals surface area (Å²) in [6, 6.07) is 9.19. The summed E-state index contributed by atoms with van der Waals surface area (Å²) >= 11 is 0. The Morgan fingerprint density at radius 2 is 1.65 bits per heavy atom. The molecular formula is C22H26F3N3O3. The maximum Gasteiger partial charge on any atom is 0.238 e. The summed E-state index contributed by atoms with van der Waals surface area (Å²) in [5.74, 6) is -4.59. The van der Waals surface area contributed by atoms with E-state index in [4.69, 9.17) is 4.74 Å². The Balaban J connectivity index is 1.83. The smallest absolute Gasteiger partial charge is 0.238 e. The summed E-state index contributed by atoms with van der Waals surface area (Å²) in [7, 11) is 1.59. The first-order chi connectivity index (χ1) is 14.8.